The molecule has 3 heterocycles. The SMILES string of the molecule is Bc1cnc2nnn(C(C)c3cc4cccnc4cc3F)c2n1. The summed E-state index contributed by atoms with van der Waals surface area (Å²) in [5.74, 6) is -0.326. The number of fused-ring (bicyclic) bond motifs is 2. The van der Waals surface area contributed by atoms with Crippen molar-refractivity contribution in [2.24, 2.45) is 0 Å². The van der Waals surface area contributed by atoms with Crippen molar-refractivity contribution >= 4 is 35.6 Å². The van der Waals surface area contributed by atoms with Crippen LogP contribution in [-0.4, -0.2) is 37.8 Å². The molecule has 0 saturated heterocycles. The van der Waals surface area contributed by atoms with Crippen LogP contribution >= 0.6 is 0 Å². The van der Waals surface area contributed by atoms with E-state index < -0.39 is 0 Å². The largest absolute Gasteiger partial charge is 0.256 e. The third kappa shape index (κ3) is 2.23. The Balaban J connectivity index is 1.89. The van der Waals surface area contributed by atoms with Crippen LogP contribution < -0.4 is 5.59 Å². The van der Waals surface area contributed by atoms with Gasteiger partial charge in [-0.1, -0.05) is 11.3 Å². The Morgan fingerprint density at radius 3 is 3.00 bits per heavy atom. The van der Waals surface area contributed by atoms with Crippen molar-refractivity contribution in [3.8, 4) is 0 Å². The van der Waals surface area contributed by atoms with E-state index in [1.807, 2.05) is 26.9 Å². The quantitative estimate of drug-likeness (QED) is 0.512. The van der Waals surface area contributed by atoms with Gasteiger partial charge >= 0.3 is 0 Å². The minimum atomic E-state index is -0.360. The number of rotatable bonds is 2. The van der Waals surface area contributed by atoms with Crippen molar-refractivity contribution in [2.75, 3.05) is 0 Å². The van der Waals surface area contributed by atoms with E-state index in [2.05, 4.69) is 25.3 Å². The van der Waals surface area contributed by atoms with Gasteiger partial charge in [-0.3, -0.25) is 4.98 Å². The van der Waals surface area contributed by atoms with Crippen LogP contribution in [-0.2, 0) is 0 Å². The molecule has 0 bridgehead atoms. The fourth-order valence-corrected chi connectivity index (χ4v) is 2.64. The van der Waals surface area contributed by atoms with Crippen LogP contribution in [0.2, 0.25) is 0 Å². The lowest BCUT2D eigenvalue weighted by Crippen LogP contribution is -2.15. The first kappa shape index (κ1) is 13.7. The lowest BCUT2D eigenvalue weighted by molar-refractivity contribution is 0.518. The minimum absolute atomic E-state index is 0.326. The molecule has 0 radical (unpaired) electrons. The molecule has 3 aromatic heterocycles. The van der Waals surface area contributed by atoms with Gasteiger partial charge in [-0.05, 0) is 19.1 Å². The summed E-state index contributed by atoms with van der Waals surface area (Å²) in [5.41, 5.74) is 2.89. The van der Waals surface area contributed by atoms with Crippen LogP contribution in [0.4, 0.5) is 4.39 Å². The maximum atomic E-state index is 14.5. The van der Waals surface area contributed by atoms with Crippen LogP contribution in [0.25, 0.3) is 22.2 Å². The number of aromatic nitrogens is 6. The molecule has 23 heavy (non-hydrogen) atoms. The van der Waals surface area contributed by atoms with Gasteiger partial charge in [0.1, 0.15) is 5.82 Å². The van der Waals surface area contributed by atoms with Gasteiger partial charge in [-0.15, -0.1) is 5.10 Å². The van der Waals surface area contributed by atoms with Crippen LogP contribution in [0.3, 0.4) is 0 Å². The van der Waals surface area contributed by atoms with Crippen LogP contribution in [0.5, 0.6) is 0 Å². The molecular formula is C15H12BFN6. The second-order valence-corrected chi connectivity index (χ2v) is 5.44. The number of nitrogens with zero attached hydrogens (tertiary/aromatic N) is 6. The van der Waals surface area contributed by atoms with E-state index in [9.17, 15) is 4.39 Å². The van der Waals surface area contributed by atoms with Gasteiger partial charge < -0.3 is 0 Å². The Bertz CT molecular complexity index is 1030. The second kappa shape index (κ2) is 5.08. The predicted octanol–water partition coefficient (Wildman–Crippen LogP) is 0.776. The average molecular weight is 306 g/mol. The van der Waals surface area contributed by atoms with Crippen LogP contribution in [0, 0.1) is 5.82 Å². The van der Waals surface area contributed by atoms with E-state index in [1.165, 1.54) is 6.07 Å². The summed E-state index contributed by atoms with van der Waals surface area (Å²) in [4.78, 5) is 12.8. The van der Waals surface area contributed by atoms with Gasteiger partial charge in [0.2, 0.25) is 5.65 Å². The highest BCUT2D eigenvalue weighted by molar-refractivity contribution is 6.30. The van der Waals surface area contributed by atoms with Gasteiger partial charge in [-0.2, -0.15) is 0 Å². The number of benzene rings is 1. The predicted molar refractivity (Wildman–Crippen MR) is 86.8 cm³/mol. The molecule has 4 aromatic rings. The van der Waals surface area contributed by atoms with Crippen LogP contribution in [0.15, 0.2) is 36.7 Å². The Hall–Kier alpha value is -2.90. The second-order valence-electron chi connectivity index (χ2n) is 5.44. The maximum Gasteiger partial charge on any atom is 0.221 e. The molecule has 0 fully saturated rings. The van der Waals surface area contributed by atoms with E-state index >= 15 is 0 Å². The molecule has 1 atom stereocenters. The summed E-state index contributed by atoms with van der Waals surface area (Å²) in [5, 5.41) is 8.97. The standard InChI is InChI=1S/C15H12BFN6/c1-8(23-15-14(21-22-23)19-7-13(16)20-15)10-5-9-3-2-4-18-12(9)6-11(10)17/h2-8H,16H2,1H3. The first-order chi connectivity index (χ1) is 11.1. The zero-order chi connectivity index (χ0) is 16.0. The van der Waals surface area contributed by atoms with Crippen molar-refractivity contribution < 1.29 is 4.39 Å². The van der Waals surface area contributed by atoms with Crippen molar-refractivity contribution in [1.82, 2.24) is 29.9 Å². The average Bonchev–Trinajstić information content (AvgIpc) is 2.96. The molecule has 0 N–H and O–H groups in total. The summed E-state index contributed by atoms with van der Waals surface area (Å²) in [6, 6.07) is 6.60. The summed E-state index contributed by atoms with van der Waals surface area (Å²) >= 11 is 0. The molecule has 1 unspecified atom stereocenters. The molecule has 0 saturated carbocycles. The molecule has 4 rings (SSSR count). The number of hydrogen-bond acceptors (Lipinski definition) is 5. The number of pyridine rings is 1. The number of halogens is 1. The van der Waals surface area contributed by atoms with Gasteiger partial charge in [-0.25, -0.2) is 19.0 Å². The van der Waals surface area contributed by atoms with E-state index in [0.717, 1.165) is 11.0 Å². The van der Waals surface area contributed by atoms with Crippen molar-refractivity contribution in [1.29, 1.82) is 0 Å². The highest BCUT2D eigenvalue weighted by Crippen LogP contribution is 2.26. The summed E-state index contributed by atoms with van der Waals surface area (Å²) in [6.07, 6.45) is 3.28. The smallest absolute Gasteiger partial charge is 0.221 e. The monoisotopic (exact) mass is 306 g/mol. The molecule has 0 spiro atoms. The van der Waals surface area contributed by atoms with Gasteiger partial charge in [0.15, 0.2) is 13.5 Å². The van der Waals surface area contributed by atoms with E-state index in [-0.39, 0.29) is 11.9 Å². The van der Waals surface area contributed by atoms with E-state index in [4.69, 9.17) is 0 Å². The Labute approximate surface area is 131 Å². The van der Waals surface area contributed by atoms with Crippen molar-refractivity contribution in [2.45, 2.75) is 13.0 Å². The summed E-state index contributed by atoms with van der Waals surface area (Å²) in [6.45, 7) is 1.86. The third-order valence-corrected chi connectivity index (χ3v) is 3.85. The van der Waals surface area contributed by atoms with Crippen molar-refractivity contribution in [3.05, 3.63) is 48.0 Å². The fraction of sp³-hybridized carbons (Fsp3) is 0.133. The molecule has 1 aromatic carbocycles. The Morgan fingerprint density at radius 2 is 2.13 bits per heavy atom. The molecule has 0 aliphatic carbocycles. The molecule has 0 aliphatic rings. The summed E-state index contributed by atoms with van der Waals surface area (Å²) in [7, 11) is 1.84. The molecular weight excluding hydrogens is 294 g/mol. The topological polar surface area (TPSA) is 69.4 Å². The zero-order valence-electron chi connectivity index (χ0n) is 12.6. The normalized spacial score (nSPS) is 12.8. The third-order valence-electron chi connectivity index (χ3n) is 3.85. The Kier molecular flexibility index (Phi) is 3.04. The Morgan fingerprint density at radius 1 is 1.26 bits per heavy atom. The molecule has 0 amide bonds. The highest BCUT2D eigenvalue weighted by Gasteiger charge is 2.19. The molecule has 0 aliphatic heterocycles. The summed E-state index contributed by atoms with van der Waals surface area (Å²) < 4.78 is 16.1. The first-order valence-corrected chi connectivity index (χ1v) is 7.22. The molecule has 6 nitrogen and oxygen atoms in total. The maximum absolute atomic E-state index is 14.5. The first-order valence-electron chi connectivity index (χ1n) is 7.22. The highest BCUT2D eigenvalue weighted by atomic mass is 19.1. The van der Waals surface area contributed by atoms with Crippen molar-refractivity contribution in [3.63, 3.8) is 0 Å². The van der Waals surface area contributed by atoms with Crippen LogP contribution in [0.1, 0.15) is 18.5 Å². The number of hydrogen-bond donors (Lipinski definition) is 0. The van der Waals surface area contributed by atoms with Gasteiger partial charge in [0.05, 0.1) is 11.6 Å². The lowest BCUT2D eigenvalue weighted by atomic mass is 10.0. The molecule has 112 valence electrons. The minimum Gasteiger partial charge on any atom is -0.256 e. The zero-order valence-corrected chi connectivity index (χ0v) is 12.6. The fourth-order valence-electron chi connectivity index (χ4n) is 2.64. The van der Waals surface area contributed by atoms with Gasteiger partial charge in [0, 0.05) is 35.0 Å². The van der Waals surface area contributed by atoms with E-state index in [0.29, 0.717) is 22.4 Å². The van der Waals surface area contributed by atoms with Gasteiger partial charge in [0.25, 0.3) is 0 Å². The lowest BCUT2D eigenvalue weighted by Gasteiger charge is -2.14. The van der Waals surface area contributed by atoms with E-state index in [1.54, 1.807) is 23.1 Å². The molecule has 8 heteroatoms.